The standard InChI is InChI=1S/C17H23F3N2O/c1-11(2)9-12-7-5-6-8-13(12)15(17(18,19)20)22-16(3,4)10-14(23)21-22/h5-8,11,15H,9-10H2,1-4H3,(H,21,23)/t15-/m0/s1. The highest BCUT2D eigenvalue weighted by Crippen LogP contribution is 2.43. The van der Waals surface area contributed by atoms with Gasteiger partial charge in [-0.25, -0.2) is 0 Å². The van der Waals surface area contributed by atoms with Crippen LogP contribution in [0.2, 0.25) is 0 Å². The van der Waals surface area contributed by atoms with Gasteiger partial charge in [0.1, 0.15) is 0 Å². The molecule has 0 spiro atoms. The Morgan fingerprint density at radius 1 is 1.26 bits per heavy atom. The predicted octanol–water partition coefficient (Wildman–Crippen LogP) is 4.00. The van der Waals surface area contributed by atoms with E-state index in [0.29, 0.717) is 12.0 Å². The van der Waals surface area contributed by atoms with Crippen molar-refractivity contribution in [3.8, 4) is 0 Å². The quantitative estimate of drug-likeness (QED) is 0.906. The van der Waals surface area contributed by atoms with E-state index in [1.165, 1.54) is 6.07 Å². The fourth-order valence-corrected chi connectivity index (χ4v) is 3.11. The second-order valence-corrected chi connectivity index (χ2v) is 7.14. The van der Waals surface area contributed by atoms with Crippen LogP contribution in [-0.4, -0.2) is 22.6 Å². The molecular formula is C17H23F3N2O. The van der Waals surface area contributed by atoms with E-state index in [1.807, 2.05) is 13.8 Å². The average Bonchev–Trinajstić information content (AvgIpc) is 2.62. The lowest BCUT2D eigenvalue weighted by Gasteiger charge is -2.38. The smallest absolute Gasteiger partial charge is 0.287 e. The minimum absolute atomic E-state index is 0.0475. The number of halogens is 3. The van der Waals surface area contributed by atoms with Crippen LogP contribution in [0.25, 0.3) is 0 Å². The molecule has 1 aliphatic rings. The summed E-state index contributed by atoms with van der Waals surface area (Å²) in [6.45, 7) is 7.24. The Kier molecular flexibility index (Phi) is 4.76. The highest BCUT2D eigenvalue weighted by Gasteiger charge is 2.53. The van der Waals surface area contributed by atoms with Gasteiger partial charge in [0.15, 0.2) is 6.04 Å². The second kappa shape index (κ2) is 6.15. The summed E-state index contributed by atoms with van der Waals surface area (Å²) >= 11 is 0. The number of hydrazine groups is 1. The molecule has 0 aliphatic carbocycles. The van der Waals surface area contributed by atoms with Crippen molar-refractivity contribution in [1.29, 1.82) is 0 Å². The van der Waals surface area contributed by atoms with Crippen LogP contribution in [0.4, 0.5) is 13.2 Å². The van der Waals surface area contributed by atoms with Gasteiger partial charge < -0.3 is 0 Å². The summed E-state index contributed by atoms with van der Waals surface area (Å²) in [5.41, 5.74) is 2.38. The fraction of sp³-hybridized carbons (Fsp3) is 0.588. The van der Waals surface area contributed by atoms with Crippen molar-refractivity contribution in [2.45, 2.75) is 58.3 Å². The van der Waals surface area contributed by atoms with Crippen LogP contribution in [0.5, 0.6) is 0 Å². The van der Waals surface area contributed by atoms with Gasteiger partial charge in [0.2, 0.25) is 5.91 Å². The number of amides is 1. The molecule has 6 heteroatoms. The molecule has 1 aliphatic heterocycles. The third-order valence-electron chi connectivity index (χ3n) is 4.04. The van der Waals surface area contributed by atoms with E-state index >= 15 is 0 Å². The van der Waals surface area contributed by atoms with Crippen LogP contribution in [0, 0.1) is 5.92 Å². The maximum atomic E-state index is 13.9. The molecule has 1 fully saturated rings. The summed E-state index contributed by atoms with van der Waals surface area (Å²) in [6, 6.07) is 4.76. The summed E-state index contributed by atoms with van der Waals surface area (Å²) in [5, 5.41) is 1.06. The first-order valence-electron chi connectivity index (χ1n) is 7.75. The van der Waals surface area contributed by atoms with Crippen molar-refractivity contribution in [2.75, 3.05) is 0 Å². The SMILES string of the molecule is CC(C)Cc1ccccc1[C@H](N1NC(=O)CC1(C)C)C(F)(F)F. The number of rotatable bonds is 4. The lowest BCUT2D eigenvalue weighted by molar-refractivity contribution is -0.204. The summed E-state index contributed by atoms with van der Waals surface area (Å²) < 4.78 is 41.6. The Hall–Kier alpha value is -1.56. The molecule has 1 aromatic carbocycles. The van der Waals surface area contributed by atoms with E-state index < -0.39 is 17.8 Å². The molecule has 1 saturated heterocycles. The van der Waals surface area contributed by atoms with Crippen molar-refractivity contribution in [1.82, 2.24) is 10.4 Å². The Morgan fingerprint density at radius 2 is 1.87 bits per heavy atom. The summed E-state index contributed by atoms with van der Waals surface area (Å²) in [6.07, 6.45) is -3.88. The van der Waals surface area contributed by atoms with Gasteiger partial charge in [-0.15, -0.1) is 0 Å². The van der Waals surface area contributed by atoms with Crippen LogP contribution in [0.3, 0.4) is 0 Å². The minimum Gasteiger partial charge on any atom is -0.287 e. The Bertz CT molecular complexity index is 581. The minimum atomic E-state index is -4.48. The molecule has 0 aromatic heterocycles. The molecule has 0 radical (unpaired) electrons. The van der Waals surface area contributed by atoms with Crippen molar-refractivity contribution < 1.29 is 18.0 Å². The maximum absolute atomic E-state index is 13.9. The Labute approximate surface area is 134 Å². The summed E-state index contributed by atoms with van der Waals surface area (Å²) in [4.78, 5) is 11.7. The highest BCUT2D eigenvalue weighted by molar-refractivity contribution is 5.79. The average molecular weight is 328 g/mol. The van der Waals surface area contributed by atoms with E-state index in [4.69, 9.17) is 0 Å². The van der Waals surface area contributed by atoms with Crippen LogP contribution >= 0.6 is 0 Å². The molecular weight excluding hydrogens is 305 g/mol. The monoisotopic (exact) mass is 328 g/mol. The van der Waals surface area contributed by atoms with E-state index in [1.54, 1.807) is 32.0 Å². The number of carbonyl (C=O) groups is 1. The third kappa shape index (κ3) is 3.86. The molecule has 1 N–H and O–H groups in total. The number of hydrogen-bond donors (Lipinski definition) is 1. The van der Waals surface area contributed by atoms with Gasteiger partial charge in [0.05, 0.1) is 0 Å². The first-order chi connectivity index (χ1) is 10.5. The molecule has 1 amide bonds. The number of hydrogen-bond acceptors (Lipinski definition) is 2. The van der Waals surface area contributed by atoms with Gasteiger partial charge in [-0.2, -0.15) is 18.2 Å². The molecule has 128 valence electrons. The zero-order chi connectivity index (χ0) is 17.4. The van der Waals surface area contributed by atoms with E-state index in [9.17, 15) is 18.0 Å². The molecule has 1 aromatic rings. The molecule has 1 atom stereocenters. The van der Waals surface area contributed by atoms with Crippen molar-refractivity contribution in [3.63, 3.8) is 0 Å². The van der Waals surface area contributed by atoms with Crippen molar-refractivity contribution in [2.24, 2.45) is 5.92 Å². The maximum Gasteiger partial charge on any atom is 0.409 e. The Morgan fingerprint density at radius 3 is 2.35 bits per heavy atom. The molecule has 0 unspecified atom stereocenters. The zero-order valence-electron chi connectivity index (χ0n) is 13.9. The lowest BCUT2D eigenvalue weighted by Crippen LogP contribution is -2.51. The number of nitrogens with zero attached hydrogens (tertiary/aromatic N) is 1. The third-order valence-corrected chi connectivity index (χ3v) is 4.04. The first-order valence-corrected chi connectivity index (χ1v) is 7.75. The molecule has 23 heavy (non-hydrogen) atoms. The number of carbonyl (C=O) groups excluding carboxylic acids is 1. The zero-order valence-corrected chi connectivity index (χ0v) is 13.9. The van der Waals surface area contributed by atoms with Crippen LogP contribution < -0.4 is 5.43 Å². The van der Waals surface area contributed by atoms with Crippen LogP contribution in [-0.2, 0) is 11.2 Å². The number of nitrogens with one attached hydrogen (secondary N) is 1. The second-order valence-electron chi connectivity index (χ2n) is 7.14. The normalized spacial score (nSPS) is 19.9. The molecule has 1 heterocycles. The largest absolute Gasteiger partial charge is 0.409 e. The lowest BCUT2D eigenvalue weighted by atomic mass is 9.91. The van der Waals surface area contributed by atoms with Crippen molar-refractivity contribution in [3.05, 3.63) is 35.4 Å². The van der Waals surface area contributed by atoms with Crippen molar-refractivity contribution >= 4 is 5.91 Å². The molecule has 2 rings (SSSR count). The fourth-order valence-electron chi connectivity index (χ4n) is 3.11. The summed E-state index contributed by atoms with van der Waals surface area (Å²) in [5.74, 6) is -0.142. The van der Waals surface area contributed by atoms with Gasteiger partial charge in [-0.1, -0.05) is 38.1 Å². The van der Waals surface area contributed by atoms with Gasteiger partial charge in [-0.3, -0.25) is 10.2 Å². The topological polar surface area (TPSA) is 32.3 Å². The van der Waals surface area contributed by atoms with Gasteiger partial charge in [-0.05, 0) is 37.3 Å². The molecule has 3 nitrogen and oxygen atoms in total. The predicted molar refractivity (Wildman–Crippen MR) is 82.5 cm³/mol. The van der Waals surface area contributed by atoms with Gasteiger partial charge >= 0.3 is 6.18 Å². The van der Waals surface area contributed by atoms with E-state index in [0.717, 1.165) is 5.01 Å². The molecule has 0 bridgehead atoms. The summed E-state index contributed by atoms with van der Waals surface area (Å²) in [7, 11) is 0. The van der Waals surface area contributed by atoms with Gasteiger partial charge in [0, 0.05) is 12.0 Å². The van der Waals surface area contributed by atoms with E-state index in [2.05, 4.69) is 5.43 Å². The van der Waals surface area contributed by atoms with Gasteiger partial charge in [0.25, 0.3) is 0 Å². The number of benzene rings is 1. The Balaban J connectivity index is 2.51. The van der Waals surface area contributed by atoms with Crippen LogP contribution in [0.1, 0.15) is 51.3 Å². The first kappa shape index (κ1) is 17.8. The van der Waals surface area contributed by atoms with E-state index in [-0.39, 0.29) is 23.8 Å². The van der Waals surface area contributed by atoms with Crippen LogP contribution in [0.15, 0.2) is 24.3 Å². The molecule has 0 saturated carbocycles. The highest BCUT2D eigenvalue weighted by atomic mass is 19.4. The number of alkyl halides is 3.